The summed E-state index contributed by atoms with van der Waals surface area (Å²) >= 11 is 0. The van der Waals surface area contributed by atoms with E-state index >= 15 is 0 Å². The summed E-state index contributed by atoms with van der Waals surface area (Å²) in [6.45, 7) is 0.523. The molecule has 8 nitrogen and oxygen atoms in total. The third-order valence-corrected chi connectivity index (χ3v) is 4.77. The number of nitrogens with one attached hydrogen (secondary N) is 1. The smallest absolute Gasteiger partial charge is 0.394 e. The number of carbonyl (C=O) groups is 2. The highest BCUT2D eigenvalue weighted by Crippen LogP contribution is 2.30. The van der Waals surface area contributed by atoms with Gasteiger partial charge in [0.25, 0.3) is 5.56 Å². The van der Waals surface area contributed by atoms with Crippen molar-refractivity contribution in [2.45, 2.75) is 13.0 Å². The van der Waals surface area contributed by atoms with Crippen LogP contribution in [0.4, 0.5) is 5.69 Å². The van der Waals surface area contributed by atoms with Crippen LogP contribution in [0, 0.1) is 0 Å². The Kier molecular flexibility index (Phi) is 4.59. The number of allylic oxidation sites excluding steroid dienone is 1. The van der Waals surface area contributed by atoms with Crippen LogP contribution in [0.1, 0.15) is 17.8 Å². The maximum Gasteiger partial charge on any atom is 0.394 e. The number of carboxylic acids is 1. The first kappa shape index (κ1) is 18.4. The quantitative estimate of drug-likeness (QED) is 0.663. The number of methoxy groups -OCH3 is 1. The molecule has 2 N–H and O–H groups in total. The van der Waals surface area contributed by atoms with E-state index in [4.69, 9.17) is 9.84 Å². The SMILES string of the molecule is COc1ccccc1/C=C1\CCn2c1nc1cc(NC(=O)C(=O)O)ccc1c2=O. The van der Waals surface area contributed by atoms with Crippen molar-refractivity contribution in [1.82, 2.24) is 9.55 Å². The predicted octanol–water partition coefficient (Wildman–Crippen LogP) is 2.37. The summed E-state index contributed by atoms with van der Waals surface area (Å²) in [5, 5.41) is 11.4. The molecule has 1 aliphatic rings. The number of ether oxygens (including phenoxy) is 1. The van der Waals surface area contributed by atoms with Gasteiger partial charge in [-0.25, -0.2) is 9.78 Å². The van der Waals surface area contributed by atoms with Gasteiger partial charge >= 0.3 is 11.9 Å². The summed E-state index contributed by atoms with van der Waals surface area (Å²) in [5.74, 6) is -1.47. The first-order valence-electron chi connectivity index (χ1n) is 8.91. The number of aliphatic carboxylic acids is 1. The minimum atomic E-state index is -1.59. The number of para-hydroxylation sites is 1. The predicted molar refractivity (Wildman–Crippen MR) is 108 cm³/mol. The molecule has 1 amide bonds. The number of carboxylic acid groups (broad SMARTS) is 1. The highest BCUT2D eigenvalue weighted by atomic mass is 16.5. The molecule has 1 aliphatic heterocycles. The van der Waals surface area contributed by atoms with Gasteiger partial charge in [-0.2, -0.15) is 0 Å². The van der Waals surface area contributed by atoms with Crippen molar-refractivity contribution in [2.24, 2.45) is 0 Å². The Labute approximate surface area is 165 Å². The van der Waals surface area contributed by atoms with Crippen molar-refractivity contribution in [3.05, 3.63) is 64.2 Å². The largest absolute Gasteiger partial charge is 0.496 e. The van der Waals surface area contributed by atoms with Crippen molar-refractivity contribution >= 4 is 40.1 Å². The Balaban J connectivity index is 1.81. The van der Waals surface area contributed by atoms with E-state index in [0.29, 0.717) is 29.7 Å². The second-order valence-corrected chi connectivity index (χ2v) is 6.54. The highest BCUT2D eigenvalue weighted by Gasteiger charge is 2.22. The van der Waals surface area contributed by atoms with Gasteiger partial charge in [0.1, 0.15) is 11.6 Å². The van der Waals surface area contributed by atoms with Gasteiger partial charge in [0.2, 0.25) is 0 Å². The van der Waals surface area contributed by atoms with E-state index in [1.165, 1.54) is 18.2 Å². The maximum atomic E-state index is 12.9. The van der Waals surface area contributed by atoms with Gasteiger partial charge in [-0.3, -0.25) is 14.2 Å². The third-order valence-electron chi connectivity index (χ3n) is 4.77. The molecule has 0 unspecified atom stereocenters. The lowest BCUT2D eigenvalue weighted by atomic mass is 10.1. The fourth-order valence-electron chi connectivity index (χ4n) is 3.39. The molecular formula is C21H17N3O5. The van der Waals surface area contributed by atoms with E-state index in [0.717, 1.165) is 16.9 Å². The van der Waals surface area contributed by atoms with E-state index in [1.54, 1.807) is 11.7 Å². The monoisotopic (exact) mass is 391 g/mol. The van der Waals surface area contributed by atoms with Crippen LogP contribution in [-0.4, -0.2) is 33.6 Å². The minimum absolute atomic E-state index is 0.176. The van der Waals surface area contributed by atoms with Crippen LogP contribution in [0.2, 0.25) is 0 Å². The standard InChI is InChI=1S/C21H17N3O5/c1-29-17-5-3-2-4-12(17)10-13-8-9-24-18(13)23-16-11-14(22-19(25)21(27)28)6-7-15(16)20(24)26/h2-7,10-11H,8-9H2,1H3,(H,22,25)(H,27,28)/b13-10+. The number of carbonyl (C=O) groups excluding carboxylic acids is 1. The van der Waals surface area contributed by atoms with Gasteiger partial charge in [0, 0.05) is 17.8 Å². The van der Waals surface area contributed by atoms with Gasteiger partial charge in [-0.05, 0) is 42.3 Å². The third kappa shape index (κ3) is 3.36. The zero-order valence-electron chi connectivity index (χ0n) is 15.5. The first-order valence-corrected chi connectivity index (χ1v) is 8.91. The van der Waals surface area contributed by atoms with Crippen molar-refractivity contribution < 1.29 is 19.4 Å². The lowest BCUT2D eigenvalue weighted by molar-refractivity contribution is -0.147. The number of rotatable bonds is 3. The van der Waals surface area contributed by atoms with Gasteiger partial charge in [-0.1, -0.05) is 18.2 Å². The lowest BCUT2D eigenvalue weighted by Gasteiger charge is -2.08. The zero-order valence-corrected chi connectivity index (χ0v) is 15.5. The fourth-order valence-corrected chi connectivity index (χ4v) is 3.39. The second-order valence-electron chi connectivity index (χ2n) is 6.54. The molecule has 0 fully saturated rings. The Morgan fingerprint density at radius 1 is 1.24 bits per heavy atom. The molecule has 0 aliphatic carbocycles. The summed E-state index contributed by atoms with van der Waals surface area (Å²) in [6.07, 6.45) is 2.60. The molecule has 1 aromatic heterocycles. The van der Waals surface area contributed by atoms with E-state index in [2.05, 4.69) is 10.3 Å². The highest BCUT2D eigenvalue weighted by molar-refractivity contribution is 6.36. The molecule has 3 aromatic rings. The second kappa shape index (κ2) is 7.23. The summed E-state index contributed by atoms with van der Waals surface area (Å²) < 4.78 is 7.01. The number of amides is 1. The Morgan fingerprint density at radius 3 is 2.79 bits per heavy atom. The van der Waals surface area contributed by atoms with Crippen molar-refractivity contribution in [1.29, 1.82) is 0 Å². The van der Waals surface area contributed by atoms with Crippen LogP contribution in [-0.2, 0) is 16.1 Å². The molecule has 29 heavy (non-hydrogen) atoms. The van der Waals surface area contributed by atoms with E-state index in [9.17, 15) is 14.4 Å². The average Bonchev–Trinajstić information content (AvgIpc) is 3.11. The molecule has 0 bridgehead atoms. The Hall–Kier alpha value is -3.94. The summed E-state index contributed by atoms with van der Waals surface area (Å²) in [4.78, 5) is 39.6. The normalized spacial score (nSPS) is 14.0. The summed E-state index contributed by atoms with van der Waals surface area (Å²) in [5.41, 5.74) is 2.25. The number of benzene rings is 2. The zero-order chi connectivity index (χ0) is 20.5. The topological polar surface area (TPSA) is 111 Å². The number of anilines is 1. The van der Waals surface area contributed by atoms with Crippen LogP contribution >= 0.6 is 0 Å². The van der Waals surface area contributed by atoms with Crippen LogP contribution in [0.15, 0.2) is 47.3 Å². The molecule has 2 aromatic carbocycles. The van der Waals surface area contributed by atoms with Crippen molar-refractivity contribution in [3.8, 4) is 5.75 Å². The molecular weight excluding hydrogens is 374 g/mol. The number of aromatic nitrogens is 2. The molecule has 0 radical (unpaired) electrons. The van der Waals surface area contributed by atoms with Crippen LogP contribution < -0.4 is 15.6 Å². The number of nitrogens with zero attached hydrogens (tertiary/aromatic N) is 2. The van der Waals surface area contributed by atoms with Crippen LogP contribution in [0.3, 0.4) is 0 Å². The molecule has 0 atom stereocenters. The fraction of sp³-hybridized carbons (Fsp3) is 0.143. The molecule has 4 rings (SSSR count). The maximum absolute atomic E-state index is 12.9. The Bertz CT molecular complexity index is 1240. The Morgan fingerprint density at radius 2 is 2.03 bits per heavy atom. The molecule has 146 valence electrons. The first-order chi connectivity index (χ1) is 14.0. The van der Waals surface area contributed by atoms with Gasteiger partial charge in [-0.15, -0.1) is 0 Å². The van der Waals surface area contributed by atoms with E-state index in [-0.39, 0.29) is 11.2 Å². The number of hydrogen-bond donors (Lipinski definition) is 2. The van der Waals surface area contributed by atoms with E-state index < -0.39 is 11.9 Å². The van der Waals surface area contributed by atoms with Gasteiger partial charge in [0.15, 0.2) is 0 Å². The summed E-state index contributed by atoms with van der Waals surface area (Å²) in [7, 11) is 1.60. The minimum Gasteiger partial charge on any atom is -0.496 e. The van der Waals surface area contributed by atoms with Crippen molar-refractivity contribution in [2.75, 3.05) is 12.4 Å². The van der Waals surface area contributed by atoms with E-state index in [1.807, 2.05) is 30.3 Å². The van der Waals surface area contributed by atoms with Crippen molar-refractivity contribution in [3.63, 3.8) is 0 Å². The summed E-state index contributed by atoms with van der Waals surface area (Å²) in [6, 6.07) is 12.1. The number of fused-ring (bicyclic) bond motifs is 2. The molecule has 0 spiro atoms. The molecule has 8 heteroatoms. The number of hydrogen-bond acceptors (Lipinski definition) is 5. The van der Waals surface area contributed by atoms with Crippen LogP contribution in [0.25, 0.3) is 22.6 Å². The molecule has 0 saturated heterocycles. The lowest BCUT2D eigenvalue weighted by Crippen LogP contribution is -2.23. The molecule has 2 heterocycles. The molecule has 0 saturated carbocycles. The van der Waals surface area contributed by atoms with Gasteiger partial charge < -0.3 is 15.2 Å². The van der Waals surface area contributed by atoms with Crippen LogP contribution in [0.5, 0.6) is 5.75 Å². The van der Waals surface area contributed by atoms with Gasteiger partial charge in [0.05, 0.1) is 18.0 Å². The average molecular weight is 391 g/mol.